The molecule has 0 saturated carbocycles. The third-order valence-corrected chi connectivity index (χ3v) is 18.2. The Balaban J connectivity index is 1.23. The molecule has 0 saturated heterocycles. The fourth-order valence-electron chi connectivity index (χ4n) is 9.94. The standard InChI is InChI=1S/C54H36N2SSi/c1-4-18-37(19-5-1)55-47-30-14-11-27-44(47)52-48(55)31-17-33-51(52)58(39-21-6-2-7-22-39,40-23-8-3-9-24-40)41-25-16-20-38(36-41)56-46-29-13-10-26-42(46)43-34-35-50-53(54(43)56)45-28-12-15-32-49(45)57-50/h1-36H. The Kier molecular flexibility index (Phi) is 7.46. The van der Waals surface area contributed by atoms with Gasteiger partial charge in [-0.3, -0.25) is 0 Å². The van der Waals surface area contributed by atoms with Crippen LogP contribution in [-0.2, 0) is 0 Å². The van der Waals surface area contributed by atoms with Crippen LogP contribution in [0, 0.1) is 0 Å². The van der Waals surface area contributed by atoms with Gasteiger partial charge in [-0.05, 0) is 75.3 Å². The van der Waals surface area contributed by atoms with Crippen LogP contribution >= 0.6 is 11.3 Å². The molecule has 0 N–H and O–H groups in total. The van der Waals surface area contributed by atoms with E-state index in [0.29, 0.717) is 0 Å². The van der Waals surface area contributed by atoms with E-state index in [0.717, 1.165) is 5.69 Å². The second-order valence-electron chi connectivity index (χ2n) is 15.2. The maximum absolute atomic E-state index is 3.06. The van der Waals surface area contributed by atoms with Crippen molar-refractivity contribution in [1.82, 2.24) is 9.13 Å². The molecule has 0 aliphatic carbocycles. The van der Waals surface area contributed by atoms with Crippen LogP contribution in [0.15, 0.2) is 218 Å². The highest BCUT2D eigenvalue weighted by atomic mass is 32.1. The lowest BCUT2D eigenvalue weighted by Gasteiger charge is -2.35. The highest BCUT2D eigenvalue weighted by Gasteiger charge is 2.43. The SMILES string of the molecule is c1ccc(-n2c3ccccc3c3c([Si](c4ccccc4)(c4ccccc4)c4cccc(-n5c6ccccc6c6ccc7sc8ccccc8c7c65)c4)cccc32)cc1. The minimum atomic E-state index is -3.06. The first-order chi connectivity index (χ1) is 28.8. The number of fused-ring (bicyclic) bond motifs is 10. The maximum atomic E-state index is 2.55. The van der Waals surface area contributed by atoms with Gasteiger partial charge in [-0.2, -0.15) is 0 Å². The van der Waals surface area contributed by atoms with E-state index in [4.69, 9.17) is 0 Å². The number of rotatable bonds is 6. The lowest BCUT2D eigenvalue weighted by Crippen LogP contribution is -2.74. The van der Waals surface area contributed by atoms with Gasteiger partial charge in [0.1, 0.15) is 0 Å². The molecule has 4 heteroatoms. The molecule has 58 heavy (non-hydrogen) atoms. The summed E-state index contributed by atoms with van der Waals surface area (Å²) in [5.74, 6) is 0. The Labute approximate surface area is 341 Å². The quantitative estimate of drug-likeness (QED) is 0.118. The number of para-hydroxylation sites is 3. The summed E-state index contributed by atoms with van der Waals surface area (Å²) in [6.45, 7) is 0. The molecule has 0 bridgehead atoms. The minimum absolute atomic E-state index is 1.16. The summed E-state index contributed by atoms with van der Waals surface area (Å²) >= 11 is 1.88. The normalized spacial score (nSPS) is 12.1. The van der Waals surface area contributed by atoms with Gasteiger partial charge in [-0.15, -0.1) is 11.3 Å². The summed E-state index contributed by atoms with van der Waals surface area (Å²) in [6, 6.07) is 81.6. The molecular weight excluding hydrogens is 737 g/mol. The molecule has 0 atom stereocenters. The summed E-state index contributed by atoms with van der Waals surface area (Å²) in [5.41, 5.74) is 7.27. The third-order valence-electron chi connectivity index (χ3n) is 12.2. The second kappa shape index (κ2) is 13.0. The number of nitrogens with zero attached hydrogens (tertiary/aromatic N) is 2. The first-order valence-corrected chi connectivity index (χ1v) is 22.8. The summed E-state index contributed by atoms with van der Waals surface area (Å²) in [5, 5.41) is 13.2. The van der Waals surface area contributed by atoms with Crippen LogP contribution in [0.4, 0.5) is 0 Å². The summed E-state index contributed by atoms with van der Waals surface area (Å²) in [7, 11) is -3.06. The zero-order valence-electron chi connectivity index (χ0n) is 31.6. The Bertz CT molecular complexity index is 3470. The van der Waals surface area contributed by atoms with Gasteiger partial charge in [0, 0.05) is 53.1 Å². The van der Waals surface area contributed by atoms with E-state index in [1.165, 1.54) is 90.2 Å². The molecule has 272 valence electrons. The van der Waals surface area contributed by atoms with E-state index >= 15 is 0 Å². The minimum Gasteiger partial charge on any atom is -0.309 e. The molecule has 12 aromatic rings. The molecule has 12 rings (SSSR count). The van der Waals surface area contributed by atoms with Crippen molar-refractivity contribution in [1.29, 1.82) is 0 Å². The van der Waals surface area contributed by atoms with Crippen LogP contribution in [0.3, 0.4) is 0 Å². The molecule has 9 aromatic carbocycles. The zero-order valence-corrected chi connectivity index (χ0v) is 33.4. The largest absolute Gasteiger partial charge is 0.309 e. The van der Waals surface area contributed by atoms with Gasteiger partial charge in [-0.25, -0.2) is 0 Å². The number of hydrogen-bond donors (Lipinski definition) is 0. The van der Waals surface area contributed by atoms with E-state index in [1.54, 1.807) is 0 Å². The Morgan fingerprint density at radius 1 is 0.328 bits per heavy atom. The van der Waals surface area contributed by atoms with Crippen molar-refractivity contribution in [3.8, 4) is 11.4 Å². The Morgan fingerprint density at radius 3 is 1.62 bits per heavy atom. The lowest BCUT2D eigenvalue weighted by molar-refractivity contribution is 1.18. The topological polar surface area (TPSA) is 9.86 Å². The van der Waals surface area contributed by atoms with Crippen LogP contribution in [-0.4, -0.2) is 17.2 Å². The molecule has 0 amide bonds. The van der Waals surface area contributed by atoms with E-state index in [-0.39, 0.29) is 0 Å². The van der Waals surface area contributed by atoms with Crippen LogP contribution < -0.4 is 20.7 Å². The van der Waals surface area contributed by atoms with Crippen molar-refractivity contribution < 1.29 is 0 Å². The number of hydrogen-bond acceptors (Lipinski definition) is 1. The number of thiophene rings is 1. The van der Waals surface area contributed by atoms with E-state index < -0.39 is 8.07 Å². The first kappa shape index (κ1) is 33.2. The molecule has 0 radical (unpaired) electrons. The number of benzene rings is 9. The van der Waals surface area contributed by atoms with Crippen molar-refractivity contribution in [3.05, 3.63) is 218 Å². The molecule has 0 unspecified atom stereocenters. The first-order valence-electron chi connectivity index (χ1n) is 19.9. The lowest BCUT2D eigenvalue weighted by atomic mass is 10.1. The maximum Gasteiger partial charge on any atom is 0.180 e. The van der Waals surface area contributed by atoms with Crippen molar-refractivity contribution in [3.63, 3.8) is 0 Å². The van der Waals surface area contributed by atoms with E-state index in [2.05, 4.69) is 228 Å². The van der Waals surface area contributed by atoms with Gasteiger partial charge in [0.05, 0.1) is 22.1 Å². The molecule has 0 aliphatic rings. The smallest absolute Gasteiger partial charge is 0.180 e. The molecule has 3 aromatic heterocycles. The van der Waals surface area contributed by atoms with Crippen molar-refractivity contribution in [2.24, 2.45) is 0 Å². The van der Waals surface area contributed by atoms with Crippen LogP contribution in [0.1, 0.15) is 0 Å². The van der Waals surface area contributed by atoms with E-state index in [1.807, 2.05) is 11.3 Å². The Morgan fingerprint density at radius 2 is 0.879 bits per heavy atom. The monoisotopic (exact) mass is 772 g/mol. The second-order valence-corrected chi connectivity index (χ2v) is 20.1. The molecule has 0 spiro atoms. The van der Waals surface area contributed by atoms with Crippen molar-refractivity contribution >= 4 is 104 Å². The zero-order chi connectivity index (χ0) is 38.2. The molecule has 0 aliphatic heterocycles. The summed E-state index contributed by atoms with van der Waals surface area (Å²) in [6.07, 6.45) is 0. The average Bonchev–Trinajstić information content (AvgIpc) is 3.96. The van der Waals surface area contributed by atoms with Gasteiger partial charge in [-0.1, -0.05) is 164 Å². The van der Waals surface area contributed by atoms with Gasteiger partial charge < -0.3 is 9.13 Å². The van der Waals surface area contributed by atoms with Crippen LogP contribution in [0.5, 0.6) is 0 Å². The van der Waals surface area contributed by atoms with Crippen molar-refractivity contribution in [2.45, 2.75) is 0 Å². The fourth-order valence-corrected chi connectivity index (χ4v) is 16.1. The molecule has 0 fully saturated rings. The van der Waals surface area contributed by atoms with Gasteiger partial charge in [0.25, 0.3) is 0 Å². The average molecular weight is 773 g/mol. The predicted molar refractivity (Wildman–Crippen MR) is 252 cm³/mol. The van der Waals surface area contributed by atoms with Crippen LogP contribution in [0.2, 0.25) is 0 Å². The highest BCUT2D eigenvalue weighted by molar-refractivity contribution is 7.26. The van der Waals surface area contributed by atoms with Crippen LogP contribution in [0.25, 0.3) is 75.2 Å². The summed E-state index contributed by atoms with van der Waals surface area (Å²) in [4.78, 5) is 0. The summed E-state index contributed by atoms with van der Waals surface area (Å²) < 4.78 is 7.63. The van der Waals surface area contributed by atoms with Crippen molar-refractivity contribution in [2.75, 3.05) is 0 Å². The van der Waals surface area contributed by atoms with E-state index in [9.17, 15) is 0 Å². The molecular formula is C54H36N2SSi. The van der Waals surface area contributed by atoms with Gasteiger partial charge in [0.2, 0.25) is 0 Å². The predicted octanol–water partition coefficient (Wildman–Crippen LogP) is 11.6. The Hall–Kier alpha value is -6.98. The third kappa shape index (κ3) is 4.70. The van der Waals surface area contributed by atoms with Gasteiger partial charge >= 0.3 is 0 Å². The molecule has 2 nitrogen and oxygen atoms in total. The van der Waals surface area contributed by atoms with Gasteiger partial charge in [0.15, 0.2) is 8.07 Å². The number of aromatic nitrogens is 2. The fraction of sp³-hybridized carbons (Fsp3) is 0. The molecule has 3 heterocycles. The highest BCUT2D eigenvalue weighted by Crippen LogP contribution is 2.43.